The van der Waals surface area contributed by atoms with Crippen LogP contribution in [0.2, 0.25) is 0 Å². The van der Waals surface area contributed by atoms with Gasteiger partial charge in [-0.25, -0.2) is 0 Å². The summed E-state index contributed by atoms with van der Waals surface area (Å²) in [5, 5.41) is 9.84. The van der Waals surface area contributed by atoms with E-state index in [4.69, 9.17) is 9.47 Å². The molecule has 0 spiro atoms. The molecule has 1 aliphatic heterocycles. The number of rotatable bonds is 4. The first-order valence-electron chi connectivity index (χ1n) is 8.89. The number of aryl methyl sites for hydroxylation is 2. The molecule has 24 heavy (non-hydrogen) atoms. The third kappa shape index (κ3) is 3.23. The van der Waals surface area contributed by atoms with Crippen LogP contribution in [0.5, 0.6) is 5.75 Å². The number of thiophene rings is 1. The Balaban J connectivity index is 1.51. The third-order valence-corrected chi connectivity index (χ3v) is 6.32. The summed E-state index contributed by atoms with van der Waals surface area (Å²) in [5.41, 5.74) is 4.02. The molecule has 1 saturated heterocycles. The lowest BCUT2D eigenvalue weighted by Crippen LogP contribution is -2.25. The van der Waals surface area contributed by atoms with Gasteiger partial charge in [0.25, 0.3) is 0 Å². The van der Waals surface area contributed by atoms with Crippen molar-refractivity contribution in [3.63, 3.8) is 0 Å². The standard InChI is InChI=1S/C20H24O3S/c1-13(21)19-11-15-6-5-14-10-16(7-8-18(14)20(15)24-19)23-12-17-4-2-3-9-22-17/h7-8,10-11,13,17,21H,2-6,9,12H2,1H3. The second-order valence-corrected chi connectivity index (χ2v) is 7.88. The quantitative estimate of drug-likeness (QED) is 0.886. The Morgan fingerprint density at radius 2 is 2.12 bits per heavy atom. The molecule has 4 heteroatoms. The zero-order valence-corrected chi connectivity index (χ0v) is 14.9. The summed E-state index contributed by atoms with van der Waals surface area (Å²) in [4.78, 5) is 2.37. The lowest BCUT2D eigenvalue weighted by atomic mass is 9.91. The maximum absolute atomic E-state index is 9.84. The fourth-order valence-corrected chi connectivity index (χ4v) is 4.76. The van der Waals surface area contributed by atoms with E-state index in [0.29, 0.717) is 6.61 Å². The Morgan fingerprint density at radius 3 is 2.92 bits per heavy atom. The Kier molecular flexibility index (Phi) is 4.61. The Labute approximate surface area is 147 Å². The van der Waals surface area contributed by atoms with Crippen molar-refractivity contribution < 1.29 is 14.6 Å². The molecule has 128 valence electrons. The van der Waals surface area contributed by atoms with E-state index < -0.39 is 0 Å². The normalized spacial score (nSPS) is 21.0. The van der Waals surface area contributed by atoms with E-state index in [1.54, 1.807) is 11.3 Å². The fraction of sp³-hybridized carbons (Fsp3) is 0.500. The number of benzene rings is 1. The van der Waals surface area contributed by atoms with Crippen molar-refractivity contribution in [2.45, 2.75) is 51.2 Å². The molecular weight excluding hydrogens is 320 g/mol. The predicted molar refractivity (Wildman–Crippen MR) is 96.9 cm³/mol. The number of aliphatic hydroxyl groups excluding tert-OH is 1. The zero-order chi connectivity index (χ0) is 16.5. The van der Waals surface area contributed by atoms with Gasteiger partial charge >= 0.3 is 0 Å². The van der Waals surface area contributed by atoms with Crippen molar-refractivity contribution >= 4 is 11.3 Å². The van der Waals surface area contributed by atoms with Gasteiger partial charge in [0.15, 0.2) is 0 Å². The number of aliphatic hydroxyl groups is 1. The number of hydrogen-bond acceptors (Lipinski definition) is 4. The summed E-state index contributed by atoms with van der Waals surface area (Å²) in [5.74, 6) is 0.943. The van der Waals surface area contributed by atoms with Crippen molar-refractivity contribution in [2.24, 2.45) is 0 Å². The van der Waals surface area contributed by atoms with E-state index >= 15 is 0 Å². The third-order valence-electron chi connectivity index (χ3n) is 4.93. The summed E-state index contributed by atoms with van der Waals surface area (Å²) >= 11 is 1.72. The number of hydrogen-bond donors (Lipinski definition) is 1. The van der Waals surface area contributed by atoms with Gasteiger partial charge in [-0.05, 0) is 80.0 Å². The lowest BCUT2D eigenvalue weighted by molar-refractivity contribution is -0.0110. The van der Waals surface area contributed by atoms with Gasteiger partial charge in [0.1, 0.15) is 12.4 Å². The van der Waals surface area contributed by atoms with Crippen LogP contribution in [0.15, 0.2) is 24.3 Å². The molecule has 0 saturated carbocycles. The molecule has 1 aromatic heterocycles. The topological polar surface area (TPSA) is 38.7 Å². The van der Waals surface area contributed by atoms with Crippen LogP contribution in [0.1, 0.15) is 48.3 Å². The van der Waals surface area contributed by atoms with Gasteiger partial charge in [-0.3, -0.25) is 0 Å². The first kappa shape index (κ1) is 16.1. The monoisotopic (exact) mass is 344 g/mol. The van der Waals surface area contributed by atoms with E-state index in [1.165, 1.54) is 34.4 Å². The molecule has 2 unspecified atom stereocenters. The molecule has 0 amide bonds. The largest absolute Gasteiger partial charge is 0.491 e. The minimum absolute atomic E-state index is 0.243. The Hall–Kier alpha value is -1.36. The van der Waals surface area contributed by atoms with E-state index in [1.807, 2.05) is 6.92 Å². The van der Waals surface area contributed by atoms with Crippen molar-refractivity contribution in [3.05, 3.63) is 40.3 Å². The number of fused-ring (bicyclic) bond motifs is 3. The van der Waals surface area contributed by atoms with Crippen LogP contribution in [-0.4, -0.2) is 24.4 Å². The summed E-state index contributed by atoms with van der Waals surface area (Å²) in [6.07, 6.45) is 5.45. The highest BCUT2D eigenvalue weighted by molar-refractivity contribution is 7.15. The molecule has 1 N–H and O–H groups in total. The molecule has 2 aliphatic rings. The highest BCUT2D eigenvalue weighted by Crippen LogP contribution is 2.42. The first-order valence-corrected chi connectivity index (χ1v) is 9.71. The van der Waals surface area contributed by atoms with Crippen molar-refractivity contribution in [1.29, 1.82) is 0 Å². The average Bonchev–Trinajstić information content (AvgIpc) is 3.05. The first-order chi connectivity index (χ1) is 11.7. The zero-order valence-electron chi connectivity index (χ0n) is 14.1. The Bertz CT molecular complexity index is 714. The Morgan fingerprint density at radius 1 is 1.25 bits per heavy atom. The lowest BCUT2D eigenvalue weighted by Gasteiger charge is -2.23. The summed E-state index contributed by atoms with van der Waals surface area (Å²) in [6.45, 7) is 3.35. The van der Waals surface area contributed by atoms with Crippen molar-refractivity contribution in [1.82, 2.24) is 0 Å². The van der Waals surface area contributed by atoms with Gasteiger partial charge in [0.05, 0.1) is 12.2 Å². The smallest absolute Gasteiger partial charge is 0.119 e. The second-order valence-electron chi connectivity index (χ2n) is 6.80. The van der Waals surface area contributed by atoms with E-state index in [9.17, 15) is 5.11 Å². The van der Waals surface area contributed by atoms with E-state index in [0.717, 1.165) is 36.5 Å². The second kappa shape index (κ2) is 6.87. The average molecular weight is 344 g/mol. The van der Waals surface area contributed by atoms with Crippen LogP contribution in [0, 0.1) is 0 Å². The van der Waals surface area contributed by atoms with Crippen LogP contribution in [0.25, 0.3) is 10.4 Å². The molecule has 1 aliphatic carbocycles. The molecule has 2 aromatic rings. The van der Waals surface area contributed by atoms with Crippen LogP contribution in [-0.2, 0) is 17.6 Å². The number of ether oxygens (including phenoxy) is 2. The van der Waals surface area contributed by atoms with Gasteiger partial charge in [-0.15, -0.1) is 11.3 Å². The van der Waals surface area contributed by atoms with Gasteiger partial charge in [-0.2, -0.15) is 0 Å². The molecule has 0 radical (unpaired) electrons. The van der Waals surface area contributed by atoms with E-state index in [-0.39, 0.29) is 12.2 Å². The summed E-state index contributed by atoms with van der Waals surface area (Å²) in [6, 6.07) is 8.59. The van der Waals surface area contributed by atoms with Gasteiger partial charge in [0.2, 0.25) is 0 Å². The summed E-state index contributed by atoms with van der Waals surface area (Å²) < 4.78 is 11.7. The SMILES string of the molecule is CC(O)c1cc2c(s1)-c1ccc(OCC3CCCCO3)cc1CC2. The molecule has 2 atom stereocenters. The maximum atomic E-state index is 9.84. The molecule has 0 bridgehead atoms. The molecule has 1 aromatic carbocycles. The minimum Gasteiger partial charge on any atom is -0.491 e. The van der Waals surface area contributed by atoms with Crippen LogP contribution >= 0.6 is 11.3 Å². The predicted octanol–water partition coefficient (Wildman–Crippen LogP) is 4.51. The molecule has 4 rings (SSSR count). The van der Waals surface area contributed by atoms with Crippen molar-refractivity contribution in [3.8, 4) is 16.2 Å². The molecule has 2 heterocycles. The van der Waals surface area contributed by atoms with Crippen molar-refractivity contribution in [2.75, 3.05) is 13.2 Å². The highest BCUT2D eigenvalue weighted by Gasteiger charge is 2.21. The van der Waals surface area contributed by atoms with Gasteiger partial charge in [-0.1, -0.05) is 0 Å². The van der Waals surface area contributed by atoms with Crippen LogP contribution < -0.4 is 4.74 Å². The minimum atomic E-state index is -0.387. The molecule has 3 nitrogen and oxygen atoms in total. The van der Waals surface area contributed by atoms with E-state index in [2.05, 4.69) is 24.3 Å². The maximum Gasteiger partial charge on any atom is 0.119 e. The van der Waals surface area contributed by atoms with Gasteiger partial charge < -0.3 is 14.6 Å². The highest BCUT2D eigenvalue weighted by atomic mass is 32.1. The van der Waals surface area contributed by atoms with Crippen LogP contribution in [0.3, 0.4) is 0 Å². The summed E-state index contributed by atoms with van der Waals surface area (Å²) in [7, 11) is 0. The van der Waals surface area contributed by atoms with Gasteiger partial charge in [0, 0.05) is 16.4 Å². The molecule has 1 fully saturated rings. The fourth-order valence-electron chi connectivity index (χ4n) is 3.56. The van der Waals surface area contributed by atoms with Crippen LogP contribution in [0.4, 0.5) is 0 Å². The molecular formula is C20H24O3S.